The van der Waals surface area contributed by atoms with Gasteiger partial charge in [-0.25, -0.2) is 4.98 Å². The number of nitrogens with zero attached hydrogens (tertiary/aromatic N) is 1. The monoisotopic (exact) mass is 153 g/mol. The number of aromatic nitrogens is 1. The summed E-state index contributed by atoms with van der Waals surface area (Å²) in [6, 6.07) is 1.56. The fourth-order valence-corrected chi connectivity index (χ4v) is 0.693. The molecule has 0 N–H and O–H groups in total. The van der Waals surface area contributed by atoms with Crippen LogP contribution in [0.3, 0.4) is 0 Å². The third-order valence-electron chi connectivity index (χ3n) is 1.21. The second-order valence-corrected chi connectivity index (χ2v) is 2.06. The van der Waals surface area contributed by atoms with Crippen molar-refractivity contribution in [3.63, 3.8) is 0 Å². The molecule has 0 spiro atoms. The number of halogens is 1. The molecule has 0 atom stereocenters. The molecule has 0 saturated carbocycles. The van der Waals surface area contributed by atoms with Gasteiger partial charge in [0.1, 0.15) is 5.75 Å². The van der Waals surface area contributed by atoms with Gasteiger partial charge in [0.05, 0.1) is 12.5 Å². The molecule has 0 aliphatic heterocycles. The molecule has 1 aromatic rings. The summed E-state index contributed by atoms with van der Waals surface area (Å²) < 4.78 is 17.4. The van der Waals surface area contributed by atoms with Crippen molar-refractivity contribution in [2.75, 3.05) is 0 Å². The van der Waals surface area contributed by atoms with Crippen LogP contribution in [0.25, 0.3) is 0 Å². The van der Waals surface area contributed by atoms with Crippen molar-refractivity contribution in [3.8, 4) is 5.75 Å². The lowest BCUT2D eigenvalue weighted by atomic mass is 10.3. The highest BCUT2D eigenvalue weighted by molar-refractivity contribution is 5.23. The summed E-state index contributed by atoms with van der Waals surface area (Å²) in [5, 5.41) is 0. The number of hydrogen-bond donors (Lipinski definition) is 0. The first-order valence-corrected chi connectivity index (χ1v) is 3.13. The van der Waals surface area contributed by atoms with Crippen molar-refractivity contribution in [1.29, 1.82) is 0 Å². The van der Waals surface area contributed by atoms with Crippen LogP contribution in [0.1, 0.15) is 5.56 Å². The van der Waals surface area contributed by atoms with Crippen molar-refractivity contribution >= 4 is 0 Å². The number of aryl methyl sites for hydroxylation is 1. The van der Waals surface area contributed by atoms with E-state index in [1.165, 1.54) is 12.5 Å². The first-order valence-electron chi connectivity index (χ1n) is 3.13. The van der Waals surface area contributed by atoms with Gasteiger partial charge in [-0.15, -0.1) is 0 Å². The van der Waals surface area contributed by atoms with E-state index in [0.717, 1.165) is 0 Å². The molecular formula is C8H8FNO. The molecule has 0 unspecified atom stereocenters. The SMILES string of the molecule is C=COc1cnc(F)c(C)c1. The van der Waals surface area contributed by atoms with E-state index in [1.807, 2.05) is 0 Å². The minimum Gasteiger partial charge on any atom is -0.464 e. The lowest BCUT2D eigenvalue weighted by Gasteiger charge is -1.99. The van der Waals surface area contributed by atoms with Crippen LogP contribution in [0.2, 0.25) is 0 Å². The maximum Gasteiger partial charge on any atom is 0.215 e. The lowest BCUT2D eigenvalue weighted by Crippen LogP contribution is -1.89. The van der Waals surface area contributed by atoms with E-state index < -0.39 is 5.95 Å². The maximum absolute atomic E-state index is 12.5. The van der Waals surface area contributed by atoms with Gasteiger partial charge in [-0.1, -0.05) is 6.58 Å². The van der Waals surface area contributed by atoms with Crippen LogP contribution in [0.4, 0.5) is 4.39 Å². The summed E-state index contributed by atoms with van der Waals surface area (Å²) >= 11 is 0. The first kappa shape index (κ1) is 7.72. The van der Waals surface area contributed by atoms with Gasteiger partial charge in [0, 0.05) is 5.56 Å². The molecule has 0 aromatic carbocycles. The predicted octanol–water partition coefficient (Wildman–Crippen LogP) is 2.05. The summed E-state index contributed by atoms with van der Waals surface area (Å²) in [6.07, 6.45) is 2.58. The Balaban J connectivity index is 2.95. The highest BCUT2D eigenvalue weighted by atomic mass is 19.1. The maximum atomic E-state index is 12.5. The third kappa shape index (κ3) is 1.77. The zero-order valence-corrected chi connectivity index (χ0v) is 6.17. The molecular weight excluding hydrogens is 145 g/mol. The van der Waals surface area contributed by atoms with Crippen LogP contribution in [0.15, 0.2) is 25.1 Å². The Bertz CT molecular complexity index is 273. The summed E-state index contributed by atoms with van der Waals surface area (Å²) in [7, 11) is 0. The van der Waals surface area contributed by atoms with Gasteiger partial charge in [0.2, 0.25) is 5.95 Å². The van der Waals surface area contributed by atoms with Gasteiger partial charge in [-0.3, -0.25) is 0 Å². The van der Waals surface area contributed by atoms with Crippen molar-refractivity contribution in [2.45, 2.75) is 6.92 Å². The molecule has 1 heterocycles. The van der Waals surface area contributed by atoms with Crippen LogP contribution in [-0.2, 0) is 0 Å². The first-order chi connectivity index (χ1) is 5.24. The van der Waals surface area contributed by atoms with Crippen molar-refractivity contribution in [1.82, 2.24) is 4.98 Å². The molecule has 0 radical (unpaired) electrons. The normalized spacial score (nSPS) is 9.27. The number of hydrogen-bond acceptors (Lipinski definition) is 2. The summed E-state index contributed by atoms with van der Waals surface area (Å²) in [6.45, 7) is 4.99. The molecule has 58 valence electrons. The minimum absolute atomic E-state index is 0.462. The molecule has 0 aliphatic carbocycles. The van der Waals surface area contributed by atoms with Gasteiger partial charge in [0.15, 0.2) is 0 Å². The molecule has 0 aliphatic rings. The Kier molecular flexibility index (Phi) is 2.21. The smallest absolute Gasteiger partial charge is 0.215 e. The fraction of sp³-hybridized carbons (Fsp3) is 0.125. The number of ether oxygens (including phenoxy) is 1. The summed E-state index contributed by atoms with van der Waals surface area (Å²) in [5.74, 6) is 0.0281. The van der Waals surface area contributed by atoms with E-state index >= 15 is 0 Å². The van der Waals surface area contributed by atoms with Gasteiger partial charge in [-0.2, -0.15) is 4.39 Å². The van der Waals surface area contributed by atoms with E-state index in [0.29, 0.717) is 11.3 Å². The van der Waals surface area contributed by atoms with Gasteiger partial charge < -0.3 is 4.74 Å². The van der Waals surface area contributed by atoms with Crippen molar-refractivity contribution in [2.24, 2.45) is 0 Å². The van der Waals surface area contributed by atoms with E-state index in [4.69, 9.17) is 4.74 Å². The van der Waals surface area contributed by atoms with Crippen LogP contribution >= 0.6 is 0 Å². The zero-order valence-electron chi connectivity index (χ0n) is 6.17. The number of rotatable bonds is 2. The van der Waals surface area contributed by atoms with E-state index in [1.54, 1.807) is 13.0 Å². The molecule has 1 rings (SSSR count). The Hall–Kier alpha value is -1.38. The second-order valence-electron chi connectivity index (χ2n) is 2.06. The van der Waals surface area contributed by atoms with E-state index in [9.17, 15) is 4.39 Å². The summed E-state index contributed by atoms with van der Waals surface area (Å²) in [4.78, 5) is 3.46. The molecule has 0 amide bonds. The van der Waals surface area contributed by atoms with Crippen LogP contribution in [0.5, 0.6) is 5.75 Å². The topological polar surface area (TPSA) is 22.1 Å². The predicted molar refractivity (Wildman–Crippen MR) is 39.8 cm³/mol. The Morgan fingerprint density at radius 3 is 3.00 bits per heavy atom. The highest BCUT2D eigenvalue weighted by Crippen LogP contribution is 2.12. The lowest BCUT2D eigenvalue weighted by molar-refractivity contribution is 0.473. The molecule has 0 saturated heterocycles. The van der Waals surface area contributed by atoms with Gasteiger partial charge >= 0.3 is 0 Å². The molecule has 1 aromatic heterocycles. The minimum atomic E-state index is -0.471. The summed E-state index contributed by atoms with van der Waals surface area (Å²) in [5.41, 5.74) is 0.462. The van der Waals surface area contributed by atoms with Crippen molar-refractivity contribution in [3.05, 3.63) is 36.6 Å². The largest absolute Gasteiger partial charge is 0.464 e. The Morgan fingerprint density at radius 2 is 2.45 bits per heavy atom. The third-order valence-corrected chi connectivity index (χ3v) is 1.21. The van der Waals surface area contributed by atoms with E-state index in [-0.39, 0.29) is 0 Å². The molecule has 11 heavy (non-hydrogen) atoms. The number of pyridine rings is 1. The average molecular weight is 153 g/mol. The average Bonchev–Trinajstić information content (AvgIpc) is 1.98. The quantitative estimate of drug-likeness (QED) is 0.479. The Morgan fingerprint density at radius 1 is 1.73 bits per heavy atom. The van der Waals surface area contributed by atoms with Gasteiger partial charge in [-0.05, 0) is 13.0 Å². The van der Waals surface area contributed by atoms with Gasteiger partial charge in [0.25, 0.3) is 0 Å². The van der Waals surface area contributed by atoms with Crippen molar-refractivity contribution < 1.29 is 9.13 Å². The fourth-order valence-electron chi connectivity index (χ4n) is 0.693. The highest BCUT2D eigenvalue weighted by Gasteiger charge is 1.98. The zero-order chi connectivity index (χ0) is 8.27. The standard InChI is InChI=1S/C8H8FNO/c1-3-11-7-4-6(2)8(9)10-5-7/h3-5H,1H2,2H3. The van der Waals surface area contributed by atoms with Crippen LogP contribution in [-0.4, -0.2) is 4.98 Å². The molecule has 0 fully saturated rings. The Labute approximate surface area is 64.3 Å². The molecule has 3 heteroatoms. The van der Waals surface area contributed by atoms with Crippen LogP contribution < -0.4 is 4.74 Å². The molecule has 2 nitrogen and oxygen atoms in total. The second kappa shape index (κ2) is 3.14. The van der Waals surface area contributed by atoms with Crippen LogP contribution in [0, 0.1) is 12.9 Å². The molecule has 0 bridgehead atoms. The van der Waals surface area contributed by atoms with E-state index in [2.05, 4.69) is 11.6 Å².